The standard InChI is InChI=1S/C28H26N8O2/c1-17(32-26(37)22-23(29)34-35-16-8-15-31-25(22)35)24-33-20-12-7-9-18(13-14-28(2,3)30)21(20)27(38)36(24)19-10-5-4-6-11-19/h4-12,15-17H,30H2,1-3H3,(H3,29,32,34,37)/p+1. The van der Waals surface area contributed by atoms with Gasteiger partial charge in [-0.05, 0) is 50.0 Å². The number of carbonyl (C=O) groups is 1. The zero-order valence-electron chi connectivity index (χ0n) is 21.2. The van der Waals surface area contributed by atoms with E-state index in [4.69, 9.17) is 16.5 Å². The summed E-state index contributed by atoms with van der Waals surface area (Å²) in [5, 5.41) is 6.21. The number of hydrogen-bond donors (Lipinski definition) is 4. The Kier molecular flexibility index (Phi) is 6.14. The van der Waals surface area contributed by atoms with Crippen LogP contribution >= 0.6 is 0 Å². The minimum atomic E-state index is -0.732. The van der Waals surface area contributed by atoms with Gasteiger partial charge in [0, 0.05) is 11.6 Å². The highest BCUT2D eigenvalue weighted by molar-refractivity contribution is 6.03. The Balaban J connectivity index is 1.66. The number of carbonyl (C=O) groups excluding carboxylic acids is 1. The molecule has 0 aliphatic carbocycles. The van der Waals surface area contributed by atoms with Gasteiger partial charge in [-0.3, -0.25) is 14.2 Å². The van der Waals surface area contributed by atoms with Gasteiger partial charge < -0.3 is 16.8 Å². The Morgan fingerprint density at radius 1 is 1.16 bits per heavy atom. The molecule has 0 bridgehead atoms. The van der Waals surface area contributed by atoms with Gasteiger partial charge in [-0.25, -0.2) is 10.1 Å². The first-order chi connectivity index (χ1) is 18.1. The van der Waals surface area contributed by atoms with Crippen molar-refractivity contribution in [2.45, 2.75) is 32.4 Å². The van der Waals surface area contributed by atoms with Crippen LogP contribution in [0.25, 0.3) is 22.2 Å². The molecular weight excluding hydrogens is 480 g/mol. The highest BCUT2D eigenvalue weighted by Gasteiger charge is 2.27. The van der Waals surface area contributed by atoms with Crippen molar-refractivity contribution in [1.29, 1.82) is 0 Å². The van der Waals surface area contributed by atoms with Crippen LogP contribution in [0.4, 0.5) is 5.82 Å². The van der Waals surface area contributed by atoms with Gasteiger partial charge in [0.15, 0.2) is 11.4 Å². The molecule has 5 rings (SSSR count). The minimum absolute atomic E-state index is 0.173. The first kappa shape index (κ1) is 24.7. The maximum Gasteiger partial charge on any atom is 0.362 e. The van der Waals surface area contributed by atoms with E-state index in [1.807, 2.05) is 30.3 Å². The molecule has 3 heterocycles. The first-order valence-corrected chi connectivity index (χ1v) is 12.0. The van der Waals surface area contributed by atoms with E-state index < -0.39 is 17.5 Å². The summed E-state index contributed by atoms with van der Waals surface area (Å²) >= 11 is 0. The number of hydrogen-bond acceptors (Lipinski definition) is 6. The van der Waals surface area contributed by atoms with Crippen molar-refractivity contribution in [3.8, 4) is 17.5 Å². The smallest absolute Gasteiger partial charge is 0.362 e. The van der Waals surface area contributed by atoms with Crippen LogP contribution in [0, 0.1) is 11.8 Å². The molecule has 0 aliphatic rings. The number of rotatable bonds is 4. The zero-order chi connectivity index (χ0) is 27.0. The predicted molar refractivity (Wildman–Crippen MR) is 145 cm³/mol. The van der Waals surface area contributed by atoms with Crippen LogP contribution < -0.4 is 26.9 Å². The second-order valence-corrected chi connectivity index (χ2v) is 9.53. The van der Waals surface area contributed by atoms with Gasteiger partial charge in [-0.1, -0.05) is 36.1 Å². The molecule has 0 saturated heterocycles. The van der Waals surface area contributed by atoms with E-state index in [9.17, 15) is 9.59 Å². The van der Waals surface area contributed by atoms with Crippen molar-refractivity contribution >= 4 is 28.3 Å². The highest BCUT2D eigenvalue weighted by atomic mass is 16.2. The normalized spacial score (nSPS) is 12.2. The molecule has 0 aliphatic heterocycles. The van der Waals surface area contributed by atoms with Crippen molar-refractivity contribution in [3.05, 3.63) is 94.3 Å². The monoisotopic (exact) mass is 507 g/mol. The largest absolute Gasteiger partial charge is 0.382 e. The average Bonchev–Trinajstić information content (AvgIpc) is 3.23. The molecule has 1 unspecified atom stereocenters. The van der Waals surface area contributed by atoms with E-state index in [2.05, 4.69) is 27.2 Å². The lowest BCUT2D eigenvalue weighted by Gasteiger charge is -2.20. The number of nitrogens with zero attached hydrogens (tertiary/aromatic N) is 4. The number of aromatic nitrogens is 5. The van der Waals surface area contributed by atoms with E-state index in [0.717, 1.165) is 0 Å². The number of nitrogens with one attached hydrogen (secondary N) is 2. The van der Waals surface area contributed by atoms with Crippen molar-refractivity contribution in [3.63, 3.8) is 0 Å². The molecule has 0 saturated carbocycles. The molecule has 5 aromatic rings. The fourth-order valence-corrected chi connectivity index (χ4v) is 4.21. The summed E-state index contributed by atoms with van der Waals surface area (Å²) in [4.78, 5) is 36.5. The summed E-state index contributed by atoms with van der Waals surface area (Å²) < 4.78 is 3.06. The number of aromatic amines is 1. The summed E-state index contributed by atoms with van der Waals surface area (Å²) in [7, 11) is 0. The molecular formula is C28H27N8O2+. The Labute approximate surface area is 218 Å². The highest BCUT2D eigenvalue weighted by Crippen LogP contribution is 2.21. The molecule has 10 heteroatoms. The van der Waals surface area contributed by atoms with Crippen LogP contribution in [0.15, 0.2) is 71.8 Å². The summed E-state index contributed by atoms with van der Waals surface area (Å²) in [5.41, 5.74) is 13.3. The third kappa shape index (κ3) is 4.58. The molecule has 0 fully saturated rings. The predicted octanol–water partition coefficient (Wildman–Crippen LogP) is 2.01. The molecule has 0 spiro atoms. The third-order valence-electron chi connectivity index (χ3n) is 5.90. The summed E-state index contributed by atoms with van der Waals surface area (Å²) in [6.07, 6.45) is 3.29. The second-order valence-electron chi connectivity index (χ2n) is 9.53. The van der Waals surface area contributed by atoms with Gasteiger partial charge in [0.2, 0.25) is 0 Å². The molecule has 2 aromatic carbocycles. The van der Waals surface area contributed by atoms with E-state index in [-0.39, 0.29) is 16.9 Å². The number of H-pyrrole nitrogens is 1. The zero-order valence-corrected chi connectivity index (χ0v) is 21.2. The molecule has 10 nitrogen and oxygen atoms in total. The van der Waals surface area contributed by atoms with Crippen LogP contribution in [0.2, 0.25) is 0 Å². The molecule has 1 atom stereocenters. The number of anilines is 1. The molecule has 1 amide bonds. The van der Waals surface area contributed by atoms with Gasteiger partial charge in [-0.2, -0.15) is 0 Å². The van der Waals surface area contributed by atoms with Gasteiger partial charge in [0.25, 0.3) is 11.5 Å². The van der Waals surface area contributed by atoms with E-state index in [0.29, 0.717) is 33.6 Å². The maximum atomic E-state index is 14.0. The summed E-state index contributed by atoms with van der Waals surface area (Å²) in [6, 6.07) is 15.5. The number of nitrogens with two attached hydrogens (primary N) is 2. The van der Waals surface area contributed by atoms with Gasteiger partial charge in [0.05, 0.1) is 28.2 Å². The van der Waals surface area contributed by atoms with Crippen molar-refractivity contribution < 1.29 is 9.31 Å². The molecule has 0 radical (unpaired) electrons. The van der Waals surface area contributed by atoms with E-state index in [1.54, 1.807) is 61.9 Å². The number of benzene rings is 2. The third-order valence-corrected chi connectivity index (χ3v) is 5.90. The molecule has 190 valence electrons. The number of para-hydroxylation sites is 1. The van der Waals surface area contributed by atoms with Crippen molar-refractivity contribution in [2.75, 3.05) is 5.73 Å². The summed E-state index contributed by atoms with van der Waals surface area (Å²) in [6.45, 7) is 5.35. The molecule has 6 N–H and O–H groups in total. The van der Waals surface area contributed by atoms with Crippen LogP contribution in [0.1, 0.15) is 48.6 Å². The Morgan fingerprint density at radius 3 is 2.66 bits per heavy atom. The Morgan fingerprint density at radius 2 is 1.92 bits per heavy atom. The quantitative estimate of drug-likeness (QED) is 0.216. The number of fused-ring (bicyclic) bond motifs is 2. The topological polar surface area (TPSA) is 149 Å². The lowest BCUT2D eigenvalue weighted by molar-refractivity contribution is -0.577. The van der Waals surface area contributed by atoms with Crippen LogP contribution in [-0.2, 0) is 0 Å². The molecule has 38 heavy (non-hydrogen) atoms. The minimum Gasteiger partial charge on any atom is -0.382 e. The van der Waals surface area contributed by atoms with Gasteiger partial charge >= 0.3 is 5.65 Å². The fourth-order valence-electron chi connectivity index (χ4n) is 4.21. The van der Waals surface area contributed by atoms with E-state index in [1.165, 1.54) is 4.57 Å². The first-order valence-electron chi connectivity index (χ1n) is 12.0. The lowest BCUT2D eigenvalue weighted by atomic mass is 10.1. The van der Waals surface area contributed by atoms with Crippen LogP contribution in [0.5, 0.6) is 0 Å². The average molecular weight is 508 g/mol. The number of nitrogen functional groups attached to an aromatic ring is 1. The SMILES string of the molecule is CC(NC(=O)c1c(N)[nH][n+]2cccnc12)c1nc2cccc(C#CC(C)(C)N)c2c(=O)n1-c1ccccc1. The summed E-state index contributed by atoms with van der Waals surface area (Å²) in [5.74, 6) is 6.11. The van der Waals surface area contributed by atoms with E-state index >= 15 is 0 Å². The lowest BCUT2D eigenvalue weighted by Crippen LogP contribution is -2.34. The van der Waals surface area contributed by atoms with Crippen molar-refractivity contribution in [2.24, 2.45) is 5.73 Å². The number of amides is 1. The Bertz CT molecular complexity index is 1800. The maximum absolute atomic E-state index is 14.0. The van der Waals surface area contributed by atoms with Crippen LogP contribution in [0.3, 0.4) is 0 Å². The van der Waals surface area contributed by atoms with Crippen LogP contribution in [-0.4, -0.2) is 31.1 Å². The Hall–Kier alpha value is -5.01. The second kappa shape index (κ2) is 9.46. The van der Waals surface area contributed by atoms with Gasteiger partial charge in [-0.15, -0.1) is 4.52 Å². The van der Waals surface area contributed by atoms with Crippen molar-refractivity contribution in [1.82, 2.24) is 25.0 Å². The fraction of sp³-hybridized carbons (Fsp3) is 0.179. The molecule has 3 aromatic heterocycles. The van der Waals surface area contributed by atoms with Gasteiger partial charge in [0.1, 0.15) is 18.2 Å².